The Morgan fingerprint density at radius 3 is 2.85 bits per heavy atom. The van der Waals surface area contributed by atoms with E-state index in [1.165, 1.54) is 5.56 Å². The molecule has 4 heteroatoms. The lowest BCUT2D eigenvalue weighted by Crippen LogP contribution is -2.39. The minimum Gasteiger partial charge on any atom is -0.454 e. The highest BCUT2D eigenvalue weighted by molar-refractivity contribution is 5.44. The minimum absolute atomic E-state index is 0.339. The van der Waals surface area contributed by atoms with Gasteiger partial charge in [0.15, 0.2) is 11.5 Å². The molecular formula is C16H25NO3. The number of aryl methyl sites for hydroxylation is 1. The van der Waals surface area contributed by atoms with Gasteiger partial charge in [0, 0.05) is 19.2 Å². The standard InChI is InChI=1S/C16H25NO3/c1-4-14(10-18-3)17-12(2)5-6-13-7-8-15-16(9-13)20-11-19-15/h7-9,12,14,17H,4-6,10-11H2,1-3H3. The molecule has 0 saturated heterocycles. The van der Waals surface area contributed by atoms with Crippen LogP contribution >= 0.6 is 0 Å². The van der Waals surface area contributed by atoms with E-state index in [0.717, 1.165) is 37.4 Å². The van der Waals surface area contributed by atoms with Crippen LogP contribution in [0.25, 0.3) is 0 Å². The van der Waals surface area contributed by atoms with Gasteiger partial charge in [0.25, 0.3) is 0 Å². The van der Waals surface area contributed by atoms with Crippen LogP contribution in [0.2, 0.25) is 0 Å². The first-order chi connectivity index (χ1) is 9.72. The summed E-state index contributed by atoms with van der Waals surface area (Å²) in [5.74, 6) is 1.72. The molecule has 0 radical (unpaired) electrons. The van der Waals surface area contributed by atoms with Crippen molar-refractivity contribution in [3.8, 4) is 11.5 Å². The van der Waals surface area contributed by atoms with Gasteiger partial charge in [-0.25, -0.2) is 0 Å². The molecule has 0 aromatic heterocycles. The number of rotatable bonds is 8. The Morgan fingerprint density at radius 1 is 1.30 bits per heavy atom. The average molecular weight is 279 g/mol. The van der Waals surface area contributed by atoms with Gasteiger partial charge < -0.3 is 19.5 Å². The van der Waals surface area contributed by atoms with Gasteiger partial charge in [0.1, 0.15) is 0 Å². The van der Waals surface area contributed by atoms with Gasteiger partial charge in [0.2, 0.25) is 6.79 Å². The van der Waals surface area contributed by atoms with E-state index in [9.17, 15) is 0 Å². The number of ether oxygens (including phenoxy) is 3. The zero-order chi connectivity index (χ0) is 14.4. The number of methoxy groups -OCH3 is 1. The molecule has 112 valence electrons. The third kappa shape index (κ3) is 4.12. The molecule has 4 nitrogen and oxygen atoms in total. The van der Waals surface area contributed by atoms with Gasteiger partial charge in [-0.1, -0.05) is 13.0 Å². The lowest BCUT2D eigenvalue weighted by atomic mass is 10.0. The third-order valence-electron chi connectivity index (χ3n) is 3.68. The molecule has 0 bridgehead atoms. The van der Waals surface area contributed by atoms with Crippen LogP contribution in [-0.4, -0.2) is 32.6 Å². The summed E-state index contributed by atoms with van der Waals surface area (Å²) in [6.07, 6.45) is 3.22. The predicted molar refractivity (Wildman–Crippen MR) is 79.4 cm³/mol. The zero-order valence-electron chi connectivity index (χ0n) is 12.6. The summed E-state index contributed by atoms with van der Waals surface area (Å²) < 4.78 is 15.9. The summed E-state index contributed by atoms with van der Waals surface area (Å²) >= 11 is 0. The number of fused-ring (bicyclic) bond motifs is 1. The Hall–Kier alpha value is -1.26. The fraction of sp³-hybridized carbons (Fsp3) is 0.625. The second-order valence-electron chi connectivity index (χ2n) is 5.35. The van der Waals surface area contributed by atoms with E-state index < -0.39 is 0 Å². The van der Waals surface area contributed by atoms with E-state index in [0.29, 0.717) is 18.9 Å². The van der Waals surface area contributed by atoms with E-state index >= 15 is 0 Å². The molecule has 0 saturated carbocycles. The van der Waals surface area contributed by atoms with E-state index in [-0.39, 0.29) is 0 Å². The second-order valence-corrected chi connectivity index (χ2v) is 5.35. The SMILES string of the molecule is CCC(COC)NC(C)CCc1ccc2c(c1)OCO2. The molecule has 1 aliphatic rings. The summed E-state index contributed by atoms with van der Waals surface area (Å²) in [5.41, 5.74) is 1.29. The Bertz CT molecular complexity index is 422. The maximum atomic E-state index is 5.41. The molecule has 2 unspecified atom stereocenters. The summed E-state index contributed by atoms with van der Waals surface area (Å²) in [5, 5.41) is 3.61. The van der Waals surface area contributed by atoms with Gasteiger partial charge in [0.05, 0.1) is 6.61 Å². The van der Waals surface area contributed by atoms with Crippen LogP contribution in [0.4, 0.5) is 0 Å². The average Bonchev–Trinajstić information content (AvgIpc) is 2.92. The molecule has 1 aliphatic heterocycles. The molecular weight excluding hydrogens is 254 g/mol. The number of hydrogen-bond acceptors (Lipinski definition) is 4. The van der Waals surface area contributed by atoms with Gasteiger partial charge >= 0.3 is 0 Å². The number of benzene rings is 1. The maximum absolute atomic E-state index is 5.41. The van der Waals surface area contributed by atoms with Crippen molar-refractivity contribution in [1.82, 2.24) is 5.32 Å². The van der Waals surface area contributed by atoms with Gasteiger partial charge in [-0.15, -0.1) is 0 Å². The first-order valence-electron chi connectivity index (χ1n) is 7.36. The van der Waals surface area contributed by atoms with Crippen LogP contribution in [0.3, 0.4) is 0 Å². The van der Waals surface area contributed by atoms with Gasteiger partial charge in [-0.3, -0.25) is 0 Å². The summed E-state index contributed by atoms with van der Waals surface area (Å²) in [6.45, 7) is 5.52. The molecule has 2 atom stereocenters. The van der Waals surface area contributed by atoms with E-state index in [1.54, 1.807) is 7.11 Å². The molecule has 2 rings (SSSR count). The Balaban J connectivity index is 1.79. The summed E-state index contributed by atoms with van der Waals surface area (Å²) in [6, 6.07) is 7.11. The van der Waals surface area contributed by atoms with Crippen molar-refractivity contribution in [3.05, 3.63) is 23.8 Å². The van der Waals surface area contributed by atoms with Crippen LogP contribution in [0.1, 0.15) is 32.3 Å². The van der Waals surface area contributed by atoms with E-state index in [1.807, 2.05) is 6.07 Å². The lowest BCUT2D eigenvalue weighted by Gasteiger charge is -2.21. The quantitative estimate of drug-likeness (QED) is 0.794. The first-order valence-corrected chi connectivity index (χ1v) is 7.36. The molecule has 1 N–H and O–H groups in total. The fourth-order valence-electron chi connectivity index (χ4n) is 2.45. The predicted octanol–water partition coefficient (Wildman–Crippen LogP) is 2.75. The van der Waals surface area contributed by atoms with Crippen LogP contribution in [-0.2, 0) is 11.2 Å². The second kappa shape index (κ2) is 7.50. The minimum atomic E-state index is 0.339. The van der Waals surface area contributed by atoms with Crippen LogP contribution in [0.15, 0.2) is 18.2 Å². The Kier molecular flexibility index (Phi) is 5.68. The van der Waals surface area contributed by atoms with Crippen molar-refractivity contribution in [2.75, 3.05) is 20.5 Å². The highest BCUT2D eigenvalue weighted by Crippen LogP contribution is 2.32. The van der Waals surface area contributed by atoms with Crippen molar-refractivity contribution in [2.45, 2.75) is 45.2 Å². The number of hydrogen-bond donors (Lipinski definition) is 1. The summed E-state index contributed by atoms with van der Waals surface area (Å²) in [4.78, 5) is 0. The van der Waals surface area contributed by atoms with Crippen molar-refractivity contribution in [3.63, 3.8) is 0 Å². The van der Waals surface area contributed by atoms with Crippen molar-refractivity contribution in [2.24, 2.45) is 0 Å². The number of nitrogens with one attached hydrogen (secondary N) is 1. The molecule has 0 aliphatic carbocycles. The molecule has 0 fully saturated rings. The van der Waals surface area contributed by atoms with Crippen LogP contribution in [0, 0.1) is 0 Å². The van der Waals surface area contributed by atoms with E-state index in [4.69, 9.17) is 14.2 Å². The molecule has 0 spiro atoms. The maximum Gasteiger partial charge on any atom is 0.231 e. The highest BCUT2D eigenvalue weighted by Gasteiger charge is 2.14. The lowest BCUT2D eigenvalue weighted by molar-refractivity contribution is 0.158. The fourth-order valence-corrected chi connectivity index (χ4v) is 2.45. The van der Waals surface area contributed by atoms with E-state index in [2.05, 4.69) is 31.3 Å². The molecule has 20 heavy (non-hydrogen) atoms. The highest BCUT2D eigenvalue weighted by atomic mass is 16.7. The first kappa shape index (κ1) is 15.1. The largest absolute Gasteiger partial charge is 0.454 e. The third-order valence-corrected chi connectivity index (χ3v) is 3.68. The monoisotopic (exact) mass is 279 g/mol. The molecule has 0 amide bonds. The van der Waals surface area contributed by atoms with Crippen molar-refractivity contribution in [1.29, 1.82) is 0 Å². The van der Waals surface area contributed by atoms with Gasteiger partial charge in [-0.05, 0) is 43.9 Å². The smallest absolute Gasteiger partial charge is 0.231 e. The van der Waals surface area contributed by atoms with Gasteiger partial charge in [-0.2, -0.15) is 0 Å². The molecule has 1 aromatic carbocycles. The zero-order valence-corrected chi connectivity index (χ0v) is 12.6. The Morgan fingerprint density at radius 2 is 2.10 bits per heavy atom. The molecule has 1 aromatic rings. The topological polar surface area (TPSA) is 39.7 Å². The van der Waals surface area contributed by atoms with Crippen molar-refractivity contribution < 1.29 is 14.2 Å². The van der Waals surface area contributed by atoms with Crippen molar-refractivity contribution >= 4 is 0 Å². The Labute approximate surface area is 121 Å². The van der Waals surface area contributed by atoms with Crippen LogP contribution in [0.5, 0.6) is 11.5 Å². The summed E-state index contributed by atoms with van der Waals surface area (Å²) in [7, 11) is 1.75. The normalized spacial score (nSPS) is 16.1. The van der Waals surface area contributed by atoms with Crippen LogP contribution < -0.4 is 14.8 Å². The molecule has 1 heterocycles.